The molecule has 4 aromatic rings. The van der Waals surface area contributed by atoms with Gasteiger partial charge in [0.25, 0.3) is 0 Å². The summed E-state index contributed by atoms with van der Waals surface area (Å²) in [6, 6.07) is 16.4. The molecular weight excluding hydrogens is 386 g/mol. The van der Waals surface area contributed by atoms with Crippen molar-refractivity contribution in [1.29, 1.82) is 0 Å². The molecule has 0 saturated carbocycles. The summed E-state index contributed by atoms with van der Waals surface area (Å²) in [5.41, 5.74) is 5.41. The number of fused-ring (bicyclic) bond motifs is 1. The summed E-state index contributed by atoms with van der Waals surface area (Å²) in [5.74, 6) is 0.323. The van der Waals surface area contributed by atoms with Gasteiger partial charge >= 0.3 is 5.97 Å². The van der Waals surface area contributed by atoms with E-state index in [0.29, 0.717) is 29.5 Å². The molecule has 2 aromatic carbocycles. The van der Waals surface area contributed by atoms with Crippen molar-refractivity contribution in [1.82, 2.24) is 20.3 Å². The lowest BCUT2D eigenvalue weighted by Gasteiger charge is -2.10. The molecule has 30 heavy (non-hydrogen) atoms. The number of hydrazone groups is 1. The summed E-state index contributed by atoms with van der Waals surface area (Å²) in [6.45, 7) is 2.08. The molecule has 0 unspecified atom stereocenters. The number of hydrogen-bond donors (Lipinski definition) is 2. The SMILES string of the molecule is CCOC(=O)c1ccc(Nc2nc3nonc3nc2N/N=C\c2ccccc2)cc1. The van der Waals surface area contributed by atoms with Gasteiger partial charge in [0.2, 0.25) is 11.3 Å². The molecule has 0 fully saturated rings. The fraction of sp³-hybridized carbons (Fsp3) is 0.100. The van der Waals surface area contributed by atoms with Crippen LogP contribution in [-0.4, -0.2) is 39.1 Å². The quantitative estimate of drug-likeness (QED) is 0.271. The molecule has 0 atom stereocenters. The van der Waals surface area contributed by atoms with Gasteiger partial charge < -0.3 is 10.1 Å². The third-order valence-corrected chi connectivity index (χ3v) is 3.96. The third kappa shape index (κ3) is 4.38. The summed E-state index contributed by atoms with van der Waals surface area (Å²) in [7, 11) is 0. The standard InChI is InChI=1S/C20H17N7O3/c1-2-29-20(28)14-8-10-15(11-9-14)22-16-17(24-19-18(23-16)26-30-27-19)25-21-12-13-6-4-3-5-7-13/h3-12H,2H2,1H3,(H,22,23,26)(H,24,25,27)/b21-12-. The Balaban J connectivity index is 1.57. The van der Waals surface area contributed by atoms with E-state index < -0.39 is 0 Å². The Kier molecular flexibility index (Phi) is 5.56. The highest BCUT2D eigenvalue weighted by atomic mass is 16.6. The van der Waals surface area contributed by atoms with Gasteiger partial charge in [0.05, 0.1) is 18.4 Å². The molecule has 0 amide bonds. The number of ether oxygens (including phenoxy) is 1. The van der Waals surface area contributed by atoms with Crippen molar-refractivity contribution in [2.45, 2.75) is 6.92 Å². The van der Waals surface area contributed by atoms with Gasteiger partial charge in [0.15, 0.2) is 11.6 Å². The smallest absolute Gasteiger partial charge is 0.338 e. The van der Waals surface area contributed by atoms with Gasteiger partial charge in [0, 0.05) is 5.69 Å². The van der Waals surface area contributed by atoms with Crippen LogP contribution >= 0.6 is 0 Å². The molecule has 0 aliphatic heterocycles. The number of hydrogen-bond acceptors (Lipinski definition) is 10. The summed E-state index contributed by atoms with van der Waals surface area (Å²) < 4.78 is 9.69. The first-order valence-corrected chi connectivity index (χ1v) is 9.11. The molecular formula is C20H17N7O3. The van der Waals surface area contributed by atoms with Crippen LogP contribution in [0.5, 0.6) is 0 Å². The summed E-state index contributed by atoms with van der Waals surface area (Å²) in [4.78, 5) is 20.5. The average Bonchev–Trinajstić information content (AvgIpc) is 3.22. The van der Waals surface area contributed by atoms with E-state index >= 15 is 0 Å². The van der Waals surface area contributed by atoms with Crippen molar-refractivity contribution < 1.29 is 14.2 Å². The largest absolute Gasteiger partial charge is 0.462 e. The highest BCUT2D eigenvalue weighted by Crippen LogP contribution is 2.24. The number of nitrogens with zero attached hydrogens (tertiary/aromatic N) is 5. The highest BCUT2D eigenvalue weighted by molar-refractivity contribution is 5.90. The fourth-order valence-corrected chi connectivity index (χ4v) is 2.55. The second-order valence-electron chi connectivity index (χ2n) is 6.04. The van der Waals surface area contributed by atoms with Crippen LogP contribution in [0.4, 0.5) is 17.3 Å². The zero-order valence-electron chi connectivity index (χ0n) is 15.9. The lowest BCUT2D eigenvalue weighted by Crippen LogP contribution is -2.05. The summed E-state index contributed by atoms with van der Waals surface area (Å²) >= 11 is 0. The average molecular weight is 403 g/mol. The number of esters is 1. The number of carbonyl (C=O) groups excluding carboxylic acids is 1. The van der Waals surface area contributed by atoms with Gasteiger partial charge in [-0.2, -0.15) is 10.1 Å². The predicted molar refractivity (Wildman–Crippen MR) is 111 cm³/mol. The van der Waals surface area contributed by atoms with Crippen molar-refractivity contribution in [2.24, 2.45) is 5.10 Å². The number of rotatable bonds is 7. The number of carbonyl (C=O) groups is 1. The molecule has 10 heteroatoms. The van der Waals surface area contributed by atoms with Gasteiger partial charge in [-0.15, -0.1) is 0 Å². The van der Waals surface area contributed by atoms with Crippen molar-refractivity contribution in [3.8, 4) is 0 Å². The first-order chi connectivity index (χ1) is 14.7. The Hall–Kier alpha value is -4.34. The monoisotopic (exact) mass is 403 g/mol. The van der Waals surface area contributed by atoms with Crippen LogP contribution < -0.4 is 10.7 Å². The first-order valence-electron chi connectivity index (χ1n) is 9.11. The fourth-order valence-electron chi connectivity index (χ4n) is 2.55. The van der Waals surface area contributed by atoms with E-state index in [-0.39, 0.29) is 17.3 Å². The maximum atomic E-state index is 11.8. The first kappa shape index (κ1) is 19.0. The van der Waals surface area contributed by atoms with Gasteiger partial charge in [-0.25, -0.2) is 14.4 Å². The lowest BCUT2D eigenvalue weighted by molar-refractivity contribution is 0.0526. The van der Waals surface area contributed by atoms with Gasteiger partial charge in [-0.3, -0.25) is 5.43 Å². The van der Waals surface area contributed by atoms with Gasteiger partial charge in [0.1, 0.15) is 0 Å². The summed E-state index contributed by atoms with van der Waals surface area (Å²) in [5, 5.41) is 14.8. The molecule has 2 heterocycles. The maximum Gasteiger partial charge on any atom is 0.338 e. The van der Waals surface area contributed by atoms with Crippen molar-refractivity contribution in [2.75, 3.05) is 17.3 Å². The maximum absolute atomic E-state index is 11.8. The van der Waals surface area contributed by atoms with Crippen LogP contribution in [-0.2, 0) is 4.74 Å². The van der Waals surface area contributed by atoms with Crippen molar-refractivity contribution in [3.05, 3.63) is 65.7 Å². The predicted octanol–water partition coefficient (Wildman–Crippen LogP) is 3.38. The number of nitrogens with one attached hydrogen (secondary N) is 2. The second kappa shape index (κ2) is 8.78. The Labute approximate surface area is 171 Å². The van der Waals surface area contributed by atoms with Crippen molar-refractivity contribution >= 4 is 40.8 Å². The van der Waals surface area contributed by atoms with Gasteiger partial charge in [-0.05, 0) is 47.1 Å². The number of aromatic nitrogens is 4. The van der Waals surface area contributed by atoms with Crippen molar-refractivity contribution in [3.63, 3.8) is 0 Å². The van der Waals surface area contributed by atoms with E-state index in [2.05, 4.69) is 36.1 Å². The number of anilines is 3. The molecule has 2 aromatic heterocycles. The molecule has 0 aliphatic carbocycles. The van der Waals surface area contributed by atoms with Crippen LogP contribution in [0.1, 0.15) is 22.8 Å². The minimum absolute atomic E-state index is 0.246. The lowest BCUT2D eigenvalue weighted by atomic mass is 10.2. The van der Waals surface area contributed by atoms with Crippen LogP contribution in [0, 0.1) is 0 Å². The molecule has 150 valence electrons. The van der Waals surface area contributed by atoms with Crippen LogP contribution in [0.25, 0.3) is 11.3 Å². The Morgan fingerprint density at radius 2 is 1.73 bits per heavy atom. The second-order valence-corrected chi connectivity index (χ2v) is 6.04. The minimum atomic E-state index is -0.378. The van der Waals surface area contributed by atoms with Gasteiger partial charge in [-0.1, -0.05) is 30.3 Å². The molecule has 0 bridgehead atoms. The van der Waals surface area contributed by atoms with E-state index in [4.69, 9.17) is 9.37 Å². The Morgan fingerprint density at radius 3 is 2.43 bits per heavy atom. The zero-order chi connectivity index (χ0) is 20.8. The number of benzene rings is 2. The molecule has 0 radical (unpaired) electrons. The highest BCUT2D eigenvalue weighted by Gasteiger charge is 2.13. The molecule has 10 nitrogen and oxygen atoms in total. The van der Waals surface area contributed by atoms with E-state index in [1.165, 1.54) is 0 Å². The molecule has 4 rings (SSSR count). The molecule has 0 aliphatic rings. The topological polar surface area (TPSA) is 127 Å². The van der Waals surface area contributed by atoms with E-state index in [1.54, 1.807) is 37.4 Å². The van der Waals surface area contributed by atoms with E-state index in [9.17, 15) is 4.79 Å². The molecule has 0 saturated heterocycles. The third-order valence-electron chi connectivity index (χ3n) is 3.96. The Morgan fingerprint density at radius 1 is 1.03 bits per heavy atom. The van der Waals surface area contributed by atoms with E-state index in [0.717, 1.165) is 5.56 Å². The molecule has 2 N–H and O–H groups in total. The van der Waals surface area contributed by atoms with Crippen LogP contribution in [0.3, 0.4) is 0 Å². The Bertz CT molecular complexity index is 1170. The van der Waals surface area contributed by atoms with E-state index in [1.807, 2.05) is 30.3 Å². The van der Waals surface area contributed by atoms with Crippen LogP contribution in [0.15, 0.2) is 64.3 Å². The summed E-state index contributed by atoms with van der Waals surface area (Å²) in [6.07, 6.45) is 1.66. The minimum Gasteiger partial charge on any atom is -0.462 e. The normalized spacial score (nSPS) is 11.0. The molecule has 0 spiro atoms. The zero-order valence-corrected chi connectivity index (χ0v) is 15.9. The van der Waals surface area contributed by atoms with Crippen LogP contribution in [0.2, 0.25) is 0 Å².